The van der Waals surface area contributed by atoms with Crippen molar-refractivity contribution in [1.29, 1.82) is 0 Å². The standard InChI is InChI=1S/C17H16BrNO3/c1-11-6-7-15(12(2)8-11)19-16(20)10-22-17(21)13-4-3-5-14(18)9-13/h3-9H,10H2,1-2H3,(H,19,20). The summed E-state index contributed by atoms with van der Waals surface area (Å²) >= 11 is 3.28. The molecule has 22 heavy (non-hydrogen) atoms. The quantitative estimate of drug-likeness (QED) is 0.841. The van der Waals surface area contributed by atoms with E-state index in [4.69, 9.17) is 4.74 Å². The molecular formula is C17H16BrNO3. The molecule has 2 aromatic rings. The average Bonchev–Trinajstić information content (AvgIpc) is 2.47. The van der Waals surface area contributed by atoms with Crippen LogP contribution in [0.1, 0.15) is 21.5 Å². The van der Waals surface area contributed by atoms with Gasteiger partial charge < -0.3 is 10.1 Å². The summed E-state index contributed by atoms with van der Waals surface area (Å²) in [6, 6.07) is 12.5. The van der Waals surface area contributed by atoms with Gasteiger partial charge in [-0.15, -0.1) is 0 Å². The summed E-state index contributed by atoms with van der Waals surface area (Å²) in [5, 5.41) is 2.73. The Morgan fingerprint density at radius 3 is 2.59 bits per heavy atom. The number of benzene rings is 2. The summed E-state index contributed by atoms with van der Waals surface area (Å²) in [6.07, 6.45) is 0. The van der Waals surface area contributed by atoms with Crippen molar-refractivity contribution in [3.8, 4) is 0 Å². The van der Waals surface area contributed by atoms with Crippen molar-refractivity contribution in [3.63, 3.8) is 0 Å². The van der Waals surface area contributed by atoms with Gasteiger partial charge in [0.05, 0.1) is 5.56 Å². The van der Waals surface area contributed by atoms with Crippen molar-refractivity contribution >= 4 is 33.5 Å². The molecule has 0 heterocycles. The molecule has 0 bridgehead atoms. The number of esters is 1. The zero-order chi connectivity index (χ0) is 16.1. The molecule has 0 spiro atoms. The Bertz CT molecular complexity index is 713. The van der Waals surface area contributed by atoms with E-state index in [1.54, 1.807) is 18.2 Å². The summed E-state index contributed by atoms with van der Waals surface area (Å²) in [4.78, 5) is 23.7. The maximum Gasteiger partial charge on any atom is 0.338 e. The van der Waals surface area contributed by atoms with Crippen LogP contribution in [-0.4, -0.2) is 18.5 Å². The Morgan fingerprint density at radius 1 is 1.14 bits per heavy atom. The first-order valence-corrected chi connectivity index (χ1v) is 7.55. The minimum Gasteiger partial charge on any atom is -0.452 e. The molecule has 5 heteroatoms. The lowest BCUT2D eigenvalue weighted by molar-refractivity contribution is -0.119. The summed E-state index contributed by atoms with van der Waals surface area (Å²) in [7, 11) is 0. The highest BCUT2D eigenvalue weighted by atomic mass is 79.9. The van der Waals surface area contributed by atoms with Crippen molar-refractivity contribution in [3.05, 3.63) is 63.6 Å². The maximum atomic E-state index is 11.9. The number of aryl methyl sites for hydroxylation is 2. The second-order valence-corrected chi connectivity index (χ2v) is 5.87. The molecule has 0 radical (unpaired) electrons. The number of anilines is 1. The lowest BCUT2D eigenvalue weighted by atomic mass is 10.1. The monoisotopic (exact) mass is 361 g/mol. The fourth-order valence-corrected chi connectivity index (χ4v) is 2.37. The minimum absolute atomic E-state index is 0.321. The van der Waals surface area contributed by atoms with E-state index in [1.165, 1.54) is 0 Å². The van der Waals surface area contributed by atoms with E-state index >= 15 is 0 Å². The Morgan fingerprint density at radius 2 is 1.91 bits per heavy atom. The van der Waals surface area contributed by atoms with Crippen LogP contribution < -0.4 is 5.32 Å². The van der Waals surface area contributed by atoms with Gasteiger partial charge in [0.15, 0.2) is 6.61 Å². The Balaban J connectivity index is 1.91. The van der Waals surface area contributed by atoms with Gasteiger partial charge in [0.2, 0.25) is 0 Å². The van der Waals surface area contributed by atoms with Gasteiger partial charge in [-0.05, 0) is 43.7 Å². The number of amides is 1. The number of carbonyl (C=O) groups is 2. The molecule has 0 aliphatic carbocycles. The van der Waals surface area contributed by atoms with E-state index in [9.17, 15) is 9.59 Å². The first-order chi connectivity index (χ1) is 10.5. The van der Waals surface area contributed by atoms with Gasteiger partial charge in [-0.3, -0.25) is 4.79 Å². The molecule has 0 aliphatic rings. The second-order valence-electron chi connectivity index (χ2n) is 4.95. The number of ether oxygens (including phenoxy) is 1. The smallest absolute Gasteiger partial charge is 0.338 e. The average molecular weight is 362 g/mol. The van der Waals surface area contributed by atoms with E-state index in [0.717, 1.165) is 15.6 Å². The number of hydrogen-bond donors (Lipinski definition) is 1. The van der Waals surface area contributed by atoms with Crippen LogP contribution in [0.25, 0.3) is 0 Å². The molecule has 0 saturated heterocycles. The van der Waals surface area contributed by atoms with Gasteiger partial charge in [-0.2, -0.15) is 0 Å². The number of halogens is 1. The molecule has 114 valence electrons. The van der Waals surface area contributed by atoms with Gasteiger partial charge >= 0.3 is 5.97 Å². The molecule has 0 atom stereocenters. The molecule has 4 nitrogen and oxygen atoms in total. The molecule has 0 aromatic heterocycles. The number of hydrogen-bond acceptors (Lipinski definition) is 3. The lowest BCUT2D eigenvalue weighted by Crippen LogP contribution is -2.21. The Kier molecular flexibility index (Phi) is 5.33. The highest BCUT2D eigenvalue weighted by Gasteiger charge is 2.11. The SMILES string of the molecule is Cc1ccc(NC(=O)COC(=O)c2cccc(Br)c2)c(C)c1. The predicted molar refractivity (Wildman–Crippen MR) is 89.0 cm³/mol. The predicted octanol–water partition coefficient (Wildman–Crippen LogP) is 3.86. The van der Waals surface area contributed by atoms with Crippen molar-refractivity contribution in [2.45, 2.75) is 13.8 Å². The van der Waals surface area contributed by atoms with Crippen LogP contribution in [0.4, 0.5) is 5.69 Å². The summed E-state index contributed by atoms with van der Waals surface area (Å²) < 4.78 is 5.79. The molecule has 0 aliphatic heterocycles. The first kappa shape index (κ1) is 16.2. The molecular weight excluding hydrogens is 346 g/mol. The van der Waals surface area contributed by atoms with Crippen LogP contribution in [-0.2, 0) is 9.53 Å². The van der Waals surface area contributed by atoms with Gasteiger partial charge in [0, 0.05) is 10.2 Å². The molecule has 0 saturated carbocycles. The van der Waals surface area contributed by atoms with Crippen LogP contribution in [0.15, 0.2) is 46.9 Å². The normalized spacial score (nSPS) is 10.1. The number of carbonyl (C=O) groups excluding carboxylic acids is 2. The van der Waals surface area contributed by atoms with Crippen LogP contribution >= 0.6 is 15.9 Å². The van der Waals surface area contributed by atoms with Crippen molar-refractivity contribution in [2.24, 2.45) is 0 Å². The van der Waals surface area contributed by atoms with E-state index in [1.807, 2.05) is 38.1 Å². The lowest BCUT2D eigenvalue weighted by Gasteiger charge is -2.09. The summed E-state index contributed by atoms with van der Waals surface area (Å²) in [5.41, 5.74) is 3.20. The van der Waals surface area contributed by atoms with Crippen LogP contribution in [0.3, 0.4) is 0 Å². The molecule has 0 fully saturated rings. The van der Waals surface area contributed by atoms with E-state index in [-0.39, 0.29) is 12.5 Å². The molecule has 0 unspecified atom stereocenters. The molecule has 1 amide bonds. The molecule has 2 rings (SSSR count). The Labute approximate surface area is 137 Å². The fourth-order valence-electron chi connectivity index (χ4n) is 1.97. The van der Waals surface area contributed by atoms with Gasteiger partial charge in [-0.1, -0.05) is 39.7 Å². The Hall–Kier alpha value is -2.14. The first-order valence-electron chi connectivity index (χ1n) is 6.75. The third-order valence-corrected chi connectivity index (χ3v) is 3.54. The van der Waals surface area contributed by atoms with E-state index in [2.05, 4.69) is 21.2 Å². The fraction of sp³-hybridized carbons (Fsp3) is 0.176. The largest absolute Gasteiger partial charge is 0.452 e. The summed E-state index contributed by atoms with van der Waals surface area (Å²) in [6.45, 7) is 3.58. The highest BCUT2D eigenvalue weighted by Crippen LogP contribution is 2.16. The topological polar surface area (TPSA) is 55.4 Å². The zero-order valence-electron chi connectivity index (χ0n) is 12.4. The zero-order valence-corrected chi connectivity index (χ0v) is 13.9. The van der Waals surface area contributed by atoms with Crippen molar-refractivity contribution < 1.29 is 14.3 Å². The van der Waals surface area contributed by atoms with Gasteiger partial charge in [0.1, 0.15) is 0 Å². The summed E-state index contributed by atoms with van der Waals surface area (Å²) in [5.74, 6) is -0.896. The van der Waals surface area contributed by atoms with Crippen LogP contribution in [0.2, 0.25) is 0 Å². The van der Waals surface area contributed by atoms with E-state index < -0.39 is 5.97 Å². The third-order valence-electron chi connectivity index (χ3n) is 3.05. The van der Waals surface area contributed by atoms with Crippen LogP contribution in [0.5, 0.6) is 0 Å². The minimum atomic E-state index is -0.530. The molecule has 2 aromatic carbocycles. The third kappa shape index (κ3) is 4.43. The molecule has 1 N–H and O–H groups in total. The number of rotatable bonds is 4. The van der Waals surface area contributed by atoms with Gasteiger partial charge in [0.25, 0.3) is 5.91 Å². The van der Waals surface area contributed by atoms with Crippen molar-refractivity contribution in [1.82, 2.24) is 0 Å². The highest BCUT2D eigenvalue weighted by molar-refractivity contribution is 9.10. The second kappa shape index (κ2) is 7.22. The van der Waals surface area contributed by atoms with Gasteiger partial charge in [-0.25, -0.2) is 4.79 Å². The van der Waals surface area contributed by atoms with Crippen LogP contribution in [0, 0.1) is 13.8 Å². The maximum absolute atomic E-state index is 11.9. The van der Waals surface area contributed by atoms with Crippen molar-refractivity contribution in [2.75, 3.05) is 11.9 Å². The van der Waals surface area contributed by atoms with E-state index in [0.29, 0.717) is 11.3 Å². The number of nitrogens with one attached hydrogen (secondary N) is 1.